The molecule has 0 saturated carbocycles. The number of aryl methyl sites for hydroxylation is 1. The number of amides is 1. The highest BCUT2D eigenvalue weighted by Gasteiger charge is 2.44. The number of thioether (sulfide) groups is 1. The normalized spacial score (nSPS) is 21.3. The number of anilines is 2. The molecule has 1 fully saturated rings. The van der Waals surface area contributed by atoms with Crippen LogP contribution < -0.4 is 10.2 Å². The van der Waals surface area contributed by atoms with E-state index < -0.39 is 9.84 Å². The van der Waals surface area contributed by atoms with Crippen LogP contribution in [0.3, 0.4) is 0 Å². The molecule has 0 aliphatic carbocycles. The summed E-state index contributed by atoms with van der Waals surface area (Å²) in [5, 5.41) is 3.63. The molecule has 0 unspecified atom stereocenters. The topological polar surface area (TPSA) is 78.8 Å². The molecule has 32 heavy (non-hydrogen) atoms. The zero-order chi connectivity index (χ0) is 22.9. The Kier molecular flexibility index (Phi) is 6.62. The summed E-state index contributed by atoms with van der Waals surface area (Å²) in [5.74, 6) is 0.504. The molecule has 6 nitrogen and oxygen atoms in total. The SMILES string of the molecule is CCc1cccc(NC(=O)CN(C2=N[C@@H]3CS(=O)(=O)C[C@H]3S2)c2ccc(C(C)C)cc2)c1. The summed E-state index contributed by atoms with van der Waals surface area (Å²) < 4.78 is 23.9. The second-order valence-corrected chi connectivity index (χ2v) is 12.0. The van der Waals surface area contributed by atoms with E-state index >= 15 is 0 Å². The summed E-state index contributed by atoms with van der Waals surface area (Å²) in [7, 11) is -3.03. The number of hydrogen-bond acceptors (Lipinski definition) is 6. The fourth-order valence-corrected chi connectivity index (χ4v) is 7.77. The highest BCUT2D eigenvalue weighted by molar-refractivity contribution is 8.15. The minimum atomic E-state index is -3.03. The first-order valence-corrected chi connectivity index (χ1v) is 13.7. The number of fused-ring (bicyclic) bond motifs is 1. The minimum Gasteiger partial charge on any atom is -0.325 e. The largest absolute Gasteiger partial charge is 0.325 e. The number of carbonyl (C=O) groups is 1. The van der Waals surface area contributed by atoms with Crippen molar-refractivity contribution in [3.8, 4) is 0 Å². The molecule has 2 aromatic carbocycles. The summed E-state index contributed by atoms with van der Waals surface area (Å²) >= 11 is 1.47. The average Bonchev–Trinajstić information content (AvgIpc) is 3.25. The zero-order valence-electron chi connectivity index (χ0n) is 18.6. The maximum Gasteiger partial charge on any atom is 0.244 e. The second-order valence-electron chi connectivity index (χ2n) is 8.65. The van der Waals surface area contributed by atoms with Gasteiger partial charge in [0.1, 0.15) is 6.54 Å². The van der Waals surface area contributed by atoms with E-state index in [1.54, 1.807) is 0 Å². The van der Waals surface area contributed by atoms with Gasteiger partial charge in [0.2, 0.25) is 5.91 Å². The number of sulfone groups is 1. The molecule has 1 saturated heterocycles. The van der Waals surface area contributed by atoms with Crippen LogP contribution in [0.4, 0.5) is 11.4 Å². The Bertz CT molecular complexity index is 1130. The Hall–Kier alpha value is -2.32. The number of benzene rings is 2. The molecule has 170 valence electrons. The lowest BCUT2D eigenvalue weighted by Crippen LogP contribution is -2.36. The van der Waals surface area contributed by atoms with Gasteiger partial charge in [-0.05, 0) is 47.7 Å². The number of carbonyl (C=O) groups excluding carboxylic acids is 1. The molecule has 0 bridgehead atoms. The standard InChI is InChI=1S/C24H29N3O3S2/c1-4-17-6-5-7-19(12-17)25-23(28)13-27(20-10-8-18(9-11-20)16(2)3)24-26-21-14-32(29,30)15-22(21)31-24/h5-12,16,21-22H,4,13-15H2,1-3H3,(H,25,28)/t21-,22-/m1/s1. The van der Waals surface area contributed by atoms with Crippen molar-refractivity contribution in [1.82, 2.24) is 0 Å². The fraction of sp³-hybridized carbons (Fsp3) is 0.417. The molecule has 0 spiro atoms. The smallest absolute Gasteiger partial charge is 0.244 e. The van der Waals surface area contributed by atoms with Crippen LogP contribution >= 0.6 is 11.8 Å². The molecule has 1 N–H and O–H groups in total. The van der Waals surface area contributed by atoms with E-state index in [0.29, 0.717) is 11.1 Å². The van der Waals surface area contributed by atoms with E-state index in [0.717, 1.165) is 23.4 Å². The minimum absolute atomic E-state index is 0.0725. The second kappa shape index (κ2) is 9.27. The first-order chi connectivity index (χ1) is 15.2. The summed E-state index contributed by atoms with van der Waals surface area (Å²) in [6.07, 6.45) is 0.900. The molecule has 2 atom stereocenters. The van der Waals surface area contributed by atoms with Crippen LogP contribution in [0.15, 0.2) is 53.5 Å². The molecule has 4 rings (SSSR count). The van der Waals surface area contributed by atoms with Gasteiger partial charge < -0.3 is 10.2 Å². The van der Waals surface area contributed by atoms with Gasteiger partial charge in [0.15, 0.2) is 15.0 Å². The van der Waals surface area contributed by atoms with Crippen LogP contribution in [-0.4, -0.2) is 48.8 Å². The highest BCUT2D eigenvalue weighted by Crippen LogP contribution is 2.37. The number of aliphatic imine (C=N–C) groups is 1. The summed E-state index contributed by atoms with van der Waals surface area (Å²) in [4.78, 5) is 19.6. The maximum absolute atomic E-state index is 13.0. The number of nitrogens with one attached hydrogen (secondary N) is 1. The Labute approximate surface area is 194 Å². The van der Waals surface area contributed by atoms with Gasteiger partial charge in [-0.2, -0.15) is 0 Å². The van der Waals surface area contributed by atoms with Crippen molar-refractivity contribution in [3.63, 3.8) is 0 Å². The van der Waals surface area contributed by atoms with E-state index in [1.807, 2.05) is 41.3 Å². The van der Waals surface area contributed by atoms with Gasteiger partial charge in [-0.3, -0.25) is 9.79 Å². The molecular weight excluding hydrogens is 442 g/mol. The predicted octanol–water partition coefficient (Wildman–Crippen LogP) is 4.09. The molecule has 0 radical (unpaired) electrons. The van der Waals surface area contributed by atoms with Gasteiger partial charge in [0.05, 0.1) is 17.5 Å². The lowest BCUT2D eigenvalue weighted by molar-refractivity contribution is -0.114. The quantitative estimate of drug-likeness (QED) is 0.687. The van der Waals surface area contributed by atoms with Crippen LogP contribution in [0.5, 0.6) is 0 Å². The maximum atomic E-state index is 13.0. The van der Waals surface area contributed by atoms with Crippen LogP contribution in [-0.2, 0) is 21.1 Å². The number of hydrogen-bond donors (Lipinski definition) is 1. The zero-order valence-corrected chi connectivity index (χ0v) is 20.2. The Morgan fingerprint density at radius 3 is 2.59 bits per heavy atom. The van der Waals surface area contributed by atoms with Gasteiger partial charge in [-0.25, -0.2) is 8.42 Å². The highest BCUT2D eigenvalue weighted by atomic mass is 32.2. The first kappa shape index (κ1) is 22.9. The van der Waals surface area contributed by atoms with Gasteiger partial charge in [-0.1, -0.05) is 56.8 Å². The van der Waals surface area contributed by atoms with Crippen LogP contribution in [0.25, 0.3) is 0 Å². The molecular formula is C24H29N3O3S2. The van der Waals surface area contributed by atoms with E-state index in [9.17, 15) is 13.2 Å². The molecule has 2 heterocycles. The number of nitrogens with zero attached hydrogens (tertiary/aromatic N) is 2. The van der Waals surface area contributed by atoms with Crippen molar-refractivity contribution < 1.29 is 13.2 Å². The van der Waals surface area contributed by atoms with E-state index in [1.165, 1.54) is 17.3 Å². The Morgan fingerprint density at radius 2 is 1.94 bits per heavy atom. The molecule has 1 amide bonds. The third kappa shape index (κ3) is 5.18. The summed E-state index contributed by atoms with van der Waals surface area (Å²) in [6.45, 7) is 6.47. The molecule has 2 aliphatic rings. The Morgan fingerprint density at radius 1 is 1.19 bits per heavy atom. The summed E-state index contributed by atoms with van der Waals surface area (Å²) in [5.41, 5.74) is 4.03. The molecule has 0 aromatic heterocycles. The predicted molar refractivity (Wildman–Crippen MR) is 134 cm³/mol. The van der Waals surface area contributed by atoms with E-state index in [4.69, 9.17) is 4.99 Å². The van der Waals surface area contributed by atoms with Crippen molar-refractivity contribution in [2.45, 2.75) is 44.4 Å². The lowest BCUT2D eigenvalue weighted by atomic mass is 10.0. The average molecular weight is 472 g/mol. The van der Waals surface area contributed by atoms with Crippen molar-refractivity contribution in [3.05, 3.63) is 59.7 Å². The third-order valence-corrected chi connectivity index (χ3v) is 9.08. The number of rotatable bonds is 6. The third-order valence-electron chi connectivity index (χ3n) is 5.83. The van der Waals surface area contributed by atoms with Crippen LogP contribution in [0, 0.1) is 0 Å². The van der Waals surface area contributed by atoms with Gasteiger partial charge >= 0.3 is 0 Å². The monoisotopic (exact) mass is 471 g/mol. The molecule has 2 aromatic rings. The molecule has 8 heteroatoms. The van der Waals surface area contributed by atoms with Crippen molar-refractivity contribution >= 4 is 44.0 Å². The van der Waals surface area contributed by atoms with Crippen molar-refractivity contribution in [2.75, 3.05) is 28.3 Å². The van der Waals surface area contributed by atoms with Crippen molar-refractivity contribution in [2.24, 2.45) is 4.99 Å². The van der Waals surface area contributed by atoms with Crippen molar-refractivity contribution in [1.29, 1.82) is 0 Å². The fourth-order valence-electron chi connectivity index (χ4n) is 3.99. The number of amidine groups is 1. The lowest BCUT2D eigenvalue weighted by Gasteiger charge is -2.24. The van der Waals surface area contributed by atoms with E-state index in [-0.39, 0.29) is 35.2 Å². The van der Waals surface area contributed by atoms with Crippen LogP contribution in [0.1, 0.15) is 37.8 Å². The van der Waals surface area contributed by atoms with Gasteiger partial charge in [-0.15, -0.1) is 0 Å². The van der Waals surface area contributed by atoms with Gasteiger partial charge in [0.25, 0.3) is 0 Å². The first-order valence-electron chi connectivity index (χ1n) is 11.0. The van der Waals surface area contributed by atoms with Crippen LogP contribution in [0.2, 0.25) is 0 Å². The Balaban J connectivity index is 1.57. The molecule has 2 aliphatic heterocycles. The summed E-state index contributed by atoms with van der Waals surface area (Å²) in [6, 6.07) is 15.8. The van der Waals surface area contributed by atoms with Gasteiger partial charge in [0, 0.05) is 16.6 Å². The van der Waals surface area contributed by atoms with E-state index in [2.05, 4.69) is 38.2 Å².